The minimum absolute atomic E-state index is 0.0433. The lowest BCUT2D eigenvalue weighted by atomic mass is 10.0. The number of carboxylic acids is 2. The molecule has 552 valence electrons. The molecule has 0 radical (unpaired) electrons. The number of nitrogens with one attached hydrogen (secondary N) is 4. The molecule has 9 N–H and O–H groups in total. The number of fused-ring (bicyclic) bond motifs is 3. The molecule has 3 aromatic carbocycles. The Labute approximate surface area is 606 Å². The number of carboxylic acid groups (broad SMARTS) is 2. The molecule has 0 bridgehead atoms. The van der Waals surface area contributed by atoms with Gasteiger partial charge in [0.25, 0.3) is 5.91 Å². The molecule has 5 aliphatic carbocycles. The molecule has 104 heavy (non-hydrogen) atoms. The third kappa shape index (κ3) is 20.0. The molecule has 29 heteroatoms. The van der Waals surface area contributed by atoms with Crippen LogP contribution in [0.2, 0.25) is 5.28 Å². The van der Waals surface area contributed by atoms with Gasteiger partial charge in [-0.1, -0.05) is 64.7 Å². The number of halogens is 1. The highest BCUT2D eigenvalue weighted by Gasteiger charge is 2.29. The van der Waals surface area contributed by atoms with Gasteiger partial charge < -0.3 is 79.6 Å². The van der Waals surface area contributed by atoms with Gasteiger partial charge in [-0.3, -0.25) is 4.79 Å². The van der Waals surface area contributed by atoms with Crippen molar-refractivity contribution >= 4 is 80.2 Å². The van der Waals surface area contributed by atoms with E-state index >= 15 is 0 Å². The summed E-state index contributed by atoms with van der Waals surface area (Å²) in [7, 11) is 0. The van der Waals surface area contributed by atoms with Gasteiger partial charge in [0.05, 0.1) is 17.2 Å². The van der Waals surface area contributed by atoms with E-state index in [4.69, 9.17) is 74.9 Å². The lowest BCUT2D eigenvalue weighted by molar-refractivity contribution is 0.0686. The largest absolute Gasteiger partial charge is 0.478 e. The van der Waals surface area contributed by atoms with E-state index in [1.54, 1.807) is 36.4 Å². The number of carbonyl (C=O) groups is 3. The van der Waals surface area contributed by atoms with Crippen LogP contribution < -0.4 is 36.5 Å². The van der Waals surface area contributed by atoms with Crippen LogP contribution in [0.4, 0.5) is 17.5 Å². The second-order valence-electron chi connectivity index (χ2n) is 27.9. The number of hydrogen-bond donors (Lipinski definition) is 8. The van der Waals surface area contributed by atoms with Crippen LogP contribution in [0.25, 0.3) is 67.1 Å². The number of aromatic carboxylic acids is 2. The lowest BCUT2D eigenvalue weighted by Crippen LogP contribution is -2.25. The van der Waals surface area contributed by atoms with Gasteiger partial charge in [0.2, 0.25) is 22.0 Å². The number of hydrogen-bond acceptors (Lipinski definition) is 25. The Kier molecular flexibility index (Phi) is 25.0. The van der Waals surface area contributed by atoms with Crippen LogP contribution >= 0.6 is 11.6 Å². The number of amides is 1. The molecule has 3 saturated heterocycles. The van der Waals surface area contributed by atoms with Crippen molar-refractivity contribution in [3.63, 3.8) is 0 Å². The summed E-state index contributed by atoms with van der Waals surface area (Å²) in [6.45, 7) is 6.94. The van der Waals surface area contributed by atoms with Crippen molar-refractivity contribution in [2.75, 3.05) is 75.2 Å². The van der Waals surface area contributed by atoms with Crippen LogP contribution in [0.3, 0.4) is 0 Å². The predicted octanol–water partition coefficient (Wildman–Crippen LogP) is 13.0. The van der Waals surface area contributed by atoms with Gasteiger partial charge in [0, 0.05) is 93.6 Å². The molecule has 1 amide bonds. The maximum atomic E-state index is 12.4. The molecule has 17 rings (SSSR count). The second-order valence-corrected chi connectivity index (χ2v) is 28.2. The van der Waals surface area contributed by atoms with Gasteiger partial charge >= 0.3 is 24.0 Å². The lowest BCUT2D eigenvalue weighted by Gasteiger charge is -2.22. The molecule has 0 atom stereocenters. The third-order valence-electron chi connectivity index (χ3n) is 19.8. The van der Waals surface area contributed by atoms with Crippen LogP contribution in [0, 0.1) is 17.8 Å². The van der Waals surface area contributed by atoms with Gasteiger partial charge in [0.1, 0.15) is 45.8 Å². The summed E-state index contributed by atoms with van der Waals surface area (Å²) in [6, 6.07) is 21.8. The molecule has 6 aromatic heterocycles. The van der Waals surface area contributed by atoms with E-state index < -0.39 is 11.9 Å². The van der Waals surface area contributed by atoms with Crippen LogP contribution in [0.1, 0.15) is 172 Å². The number of carbonyl (C=O) groups excluding carboxylic acids is 1. The molecule has 8 fully saturated rings. The van der Waals surface area contributed by atoms with E-state index in [1.807, 2.05) is 24.3 Å². The summed E-state index contributed by atoms with van der Waals surface area (Å²) in [5.74, 6) is 1.17. The molecule has 8 aliphatic rings. The molecule has 0 spiro atoms. The number of rotatable bonds is 20. The van der Waals surface area contributed by atoms with Crippen LogP contribution in [-0.4, -0.2) is 168 Å². The van der Waals surface area contributed by atoms with Crippen molar-refractivity contribution < 1.29 is 67.0 Å². The first-order valence-corrected chi connectivity index (χ1v) is 37.2. The molecule has 9 aromatic rings. The average Bonchev–Trinajstić information content (AvgIpc) is 1.62. The number of benzene rings is 3. The Morgan fingerprint density at radius 3 is 1.11 bits per heavy atom. The number of nitrogens with two attached hydrogens (primary N) is 1. The minimum atomic E-state index is -0.989. The number of ether oxygens (including phenoxy) is 5. The van der Waals surface area contributed by atoms with E-state index in [0.717, 1.165) is 173 Å². The maximum absolute atomic E-state index is 12.4. The topological polar surface area (TPSA) is 388 Å². The van der Waals surface area contributed by atoms with Gasteiger partial charge in [-0.25, -0.2) is 14.6 Å². The SMILES string of the molecule is NC1CC1.O=C(NC1CC1)c1ccc(-c2noc3c(NCC4CCOCC4)nc(OC4CCCC4)nc23)cc1.O=C(O)c1ccc(-c2noc3c(NCC4CCOCC4)nc(Cl)nc23)cc1.O=C(O)c1ccc(-c2noc3c(NCC4CCOCC4)nc(OC4CCCC4)nc23)cc1.OC1CCCC1. The smallest absolute Gasteiger partial charge is 0.335 e. The zero-order chi connectivity index (χ0) is 71.7. The minimum Gasteiger partial charge on any atom is -0.478 e. The van der Waals surface area contributed by atoms with Crippen molar-refractivity contribution in [1.29, 1.82) is 0 Å². The van der Waals surface area contributed by atoms with Gasteiger partial charge in [-0.15, -0.1) is 0 Å². The fourth-order valence-electron chi connectivity index (χ4n) is 13.2. The summed E-state index contributed by atoms with van der Waals surface area (Å²) < 4.78 is 45.4. The number of aromatic nitrogens is 9. The second kappa shape index (κ2) is 35.5. The Morgan fingerprint density at radius 1 is 0.442 bits per heavy atom. The summed E-state index contributed by atoms with van der Waals surface area (Å²) >= 11 is 6.10. The Hall–Kier alpha value is -9.19. The highest BCUT2D eigenvalue weighted by atomic mass is 35.5. The van der Waals surface area contributed by atoms with Crippen LogP contribution in [0.15, 0.2) is 86.4 Å². The quantitative estimate of drug-likeness (QED) is 0.0329. The first kappa shape index (κ1) is 73.1. The summed E-state index contributed by atoms with van der Waals surface area (Å²) in [6.07, 6.45) is 24.2. The predicted molar refractivity (Wildman–Crippen MR) is 388 cm³/mol. The molecule has 28 nitrogen and oxygen atoms in total. The monoisotopic (exact) mass is 1450 g/mol. The maximum Gasteiger partial charge on any atom is 0.335 e. The van der Waals surface area contributed by atoms with E-state index in [9.17, 15) is 14.4 Å². The fourth-order valence-corrected chi connectivity index (χ4v) is 13.3. The van der Waals surface area contributed by atoms with Crippen molar-refractivity contribution in [3.8, 4) is 45.8 Å². The normalized spacial score (nSPS) is 18.3. The highest BCUT2D eigenvalue weighted by molar-refractivity contribution is 6.29. The summed E-state index contributed by atoms with van der Waals surface area (Å²) in [4.78, 5) is 61.6. The number of nitrogens with zero attached hydrogens (tertiary/aromatic N) is 9. The standard InChI is InChI=1S/C26H31N5O4.C23H26N4O5.C18H17ClN4O4.C5H10O.C3H7N/c32-25(28-19-9-10-19)18-7-5-17(6-8-18)21-22-23(35-31-21)24(27-15-16-11-13-33-14-12-16)30-26(29-22)34-20-3-1-2-4-20;28-22(29)16-7-5-15(6-8-16)18-19-20(32-27-18)21(24-13-14-9-11-30-12-10-14)26-23(25-19)31-17-3-1-2-4-17;19-18-21-14-13(11-1-3-12(4-2-11)17(24)25)23-27-15(14)16(22-18)20-9-10-5-7-26-8-6-10;6-5-3-1-2-4-5;4-3-1-2-3/h5-8,16,19-20H,1-4,9-15H2,(H,28,32)(H,27,29,30);5-8,14,17H,1-4,9-13H2,(H,28,29)(H,24,25,26);1-4,10H,5-9H2,(H,24,25)(H,20,21,22);5-6H,1-4H2;3H,1-2,4H2. The summed E-state index contributed by atoms with van der Waals surface area (Å²) in [5, 5.41) is 52.8. The van der Waals surface area contributed by atoms with E-state index in [-0.39, 0.29) is 40.6 Å². The molecular weight excluding hydrogens is 1360 g/mol. The van der Waals surface area contributed by atoms with Gasteiger partial charge in [0.15, 0.2) is 17.5 Å². The van der Waals surface area contributed by atoms with Crippen molar-refractivity contribution in [2.24, 2.45) is 23.5 Å². The van der Waals surface area contributed by atoms with Gasteiger partial charge in [-0.05, 0) is 194 Å². The van der Waals surface area contributed by atoms with Gasteiger partial charge in [-0.2, -0.15) is 24.9 Å². The van der Waals surface area contributed by atoms with Crippen LogP contribution in [0.5, 0.6) is 12.0 Å². The summed E-state index contributed by atoms with van der Waals surface area (Å²) in [5.41, 5.74) is 13.2. The molecule has 5 saturated carbocycles. The Balaban J connectivity index is 0.000000130. The zero-order valence-electron chi connectivity index (χ0n) is 58.3. The molecule has 0 unspecified atom stereocenters. The van der Waals surface area contributed by atoms with Crippen LogP contribution in [-0.2, 0) is 14.2 Å². The van der Waals surface area contributed by atoms with E-state index in [2.05, 4.69) is 61.7 Å². The average molecular weight is 1450 g/mol. The molecular formula is C75H91ClN14O14. The number of aliphatic hydroxyl groups is 1. The number of anilines is 3. The number of aliphatic hydroxyl groups excluding tert-OH is 1. The zero-order valence-corrected chi connectivity index (χ0v) is 59.0. The fraction of sp³-hybridized carbons (Fsp3) is 0.520. The molecule has 3 aliphatic heterocycles. The molecule has 9 heterocycles. The first-order chi connectivity index (χ1) is 50.8. The van der Waals surface area contributed by atoms with Crippen molar-refractivity contribution in [3.05, 3.63) is 94.8 Å². The third-order valence-corrected chi connectivity index (χ3v) is 20.0. The van der Waals surface area contributed by atoms with E-state index in [1.165, 1.54) is 50.7 Å². The van der Waals surface area contributed by atoms with Crippen molar-refractivity contribution in [2.45, 2.75) is 172 Å². The first-order valence-electron chi connectivity index (χ1n) is 36.8. The Morgan fingerprint density at radius 2 is 0.779 bits per heavy atom. The van der Waals surface area contributed by atoms with Crippen molar-refractivity contribution in [1.82, 2.24) is 50.7 Å². The van der Waals surface area contributed by atoms with E-state index in [0.29, 0.717) is 121 Å². The Bertz CT molecular complexity index is 4290. The highest BCUT2D eigenvalue weighted by Crippen LogP contribution is 2.37.